The van der Waals surface area contributed by atoms with Crippen molar-refractivity contribution < 1.29 is 9.53 Å². The number of amides is 1. The maximum atomic E-state index is 12.5. The van der Waals surface area contributed by atoms with Gasteiger partial charge in [0.15, 0.2) is 0 Å². The van der Waals surface area contributed by atoms with Crippen LogP contribution in [0.3, 0.4) is 0 Å². The first-order chi connectivity index (χ1) is 10.7. The minimum Gasteiger partial charge on any atom is -0.497 e. The fourth-order valence-corrected chi connectivity index (χ4v) is 3.47. The van der Waals surface area contributed by atoms with Crippen LogP contribution in [0.25, 0.3) is 5.57 Å². The Bertz CT molecular complexity index is 635. The lowest BCUT2D eigenvalue weighted by Crippen LogP contribution is -2.59. The highest BCUT2D eigenvalue weighted by molar-refractivity contribution is 5.90. The number of carbonyl (C=O) groups is 1. The number of hydrogen-bond donors (Lipinski definition) is 2. The summed E-state index contributed by atoms with van der Waals surface area (Å²) in [5, 5.41) is 0. The number of hydrogen-bond acceptors (Lipinski definition) is 4. The van der Waals surface area contributed by atoms with E-state index in [1.54, 1.807) is 7.11 Å². The molecular weight excluding hydrogens is 290 g/mol. The predicted molar refractivity (Wildman–Crippen MR) is 94.2 cm³/mol. The highest BCUT2D eigenvalue weighted by Gasteiger charge is 2.40. The minimum absolute atomic E-state index is 0.101. The van der Waals surface area contributed by atoms with Crippen LogP contribution in [-0.4, -0.2) is 24.6 Å². The second-order valence-corrected chi connectivity index (χ2v) is 6.93. The highest BCUT2D eigenvalue weighted by Crippen LogP contribution is 2.42. The average Bonchev–Trinajstić information content (AvgIpc) is 2.49. The Hall–Kier alpha value is -2.01. The quantitative estimate of drug-likeness (QED) is 0.509. The molecule has 0 unspecified atom stereocenters. The van der Waals surface area contributed by atoms with Crippen molar-refractivity contribution in [3.8, 4) is 5.75 Å². The third kappa shape index (κ3) is 3.06. The van der Waals surface area contributed by atoms with Crippen LogP contribution in [0.5, 0.6) is 5.75 Å². The molecule has 1 amide bonds. The van der Waals surface area contributed by atoms with Crippen molar-refractivity contribution in [2.24, 2.45) is 11.8 Å². The Labute approximate surface area is 138 Å². The number of nitrogens with two attached hydrogens (primary N) is 1. The number of anilines is 1. The van der Waals surface area contributed by atoms with Crippen LogP contribution in [0.1, 0.15) is 40.2 Å². The first-order valence-corrected chi connectivity index (χ1v) is 7.90. The minimum atomic E-state index is -0.370. The summed E-state index contributed by atoms with van der Waals surface area (Å²) in [6.45, 7) is 10.4. The number of carbonyl (C=O) groups excluding carboxylic acids is 1. The van der Waals surface area contributed by atoms with E-state index >= 15 is 0 Å². The molecule has 1 aliphatic heterocycles. The van der Waals surface area contributed by atoms with Crippen LogP contribution in [0.15, 0.2) is 24.3 Å². The number of nitrogens with zero attached hydrogens (tertiary/aromatic N) is 1. The van der Waals surface area contributed by atoms with Crippen LogP contribution >= 0.6 is 0 Å². The third-order valence-electron chi connectivity index (χ3n) is 4.40. The number of nitrogens with one attached hydrogen (secondary N) is 1. The first-order valence-electron chi connectivity index (χ1n) is 7.90. The topological polar surface area (TPSA) is 67.6 Å². The van der Waals surface area contributed by atoms with Gasteiger partial charge in [-0.2, -0.15) is 0 Å². The molecule has 1 aromatic carbocycles. The van der Waals surface area contributed by atoms with E-state index < -0.39 is 0 Å². The van der Waals surface area contributed by atoms with Gasteiger partial charge in [0.25, 0.3) is 5.91 Å². The van der Waals surface area contributed by atoms with E-state index in [0.717, 1.165) is 17.0 Å². The van der Waals surface area contributed by atoms with Crippen molar-refractivity contribution in [2.75, 3.05) is 12.0 Å². The molecule has 0 saturated heterocycles. The van der Waals surface area contributed by atoms with Gasteiger partial charge >= 0.3 is 0 Å². The van der Waals surface area contributed by atoms with E-state index in [1.165, 1.54) is 5.57 Å². The molecule has 3 N–H and O–H groups in total. The van der Waals surface area contributed by atoms with Crippen LogP contribution in [0.4, 0.5) is 5.69 Å². The van der Waals surface area contributed by atoms with Gasteiger partial charge in [-0.05, 0) is 44.4 Å². The molecule has 1 aliphatic rings. The lowest BCUT2D eigenvalue weighted by Gasteiger charge is -2.48. The van der Waals surface area contributed by atoms with Gasteiger partial charge < -0.3 is 9.64 Å². The number of fused-ring (bicyclic) bond motifs is 1. The summed E-state index contributed by atoms with van der Waals surface area (Å²) < 4.78 is 5.39. The van der Waals surface area contributed by atoms with Crippen LogP contribution in [0.2, 0.25) is 0 Å². The van der Waals surface area contributed by atoms with Gasteiger partial charge in [-0.3, -0.25) is 10.2 Å². The number of methoxy groups -OCH3 is 1. The molecule has 2 rings (SSSR count). The van der Waals surface area contributed by atoms with Crippen molar-refractivity contribution in [1.82, 2.24) is 5.43 Å². The van der Waals surface area contributed by atoms with E-state index in [1.807, 2.05) is 32.0 Å². The summed E-state index contributed by atoms with van der Waals surface area (Å²) in [5.41, 5.74) is 5.31. The molecule has 1 heterocycles. The van der Waals surface area contributed by atoms with Gasteiger partial charge in [-0.25, -0.2) is 5.84 Å². The summed E-state index contributed by atoms with van der Waals surface area (Å²) >= 11 is 0. The normalized spacial score (nSPS) is 17.4. The van der Waals surface area contributed by atoms with Crippen molar-refractivity contribution >= 4 is 17.2 Å². The molecule has 1 aromatic rings. The Kier molecular flexibility index (Phi) is 4.71. The van der Waals surface area contributed by atoms with Gasteiger partial charge in [0.2, 0.25) is 0 Å². The molecule has 5 nitrogen and oxygen atoms in total. The van der Waals surface area contributed by atoms with Crippen molar-refractivity contribution in [1.29, 1.82) is 0 Å². The Balaban J connectivity index is 2.68. The number of rotatable bonds is 4. The summed E-state index contributed by atoms with van der Waals surface area (Å²) in [6.07, 6.45) is 2.20. The summed E-state index contributed by atoms with van der Waals surface area (Å²) in [6, 6.07) is 5.61. The maximum Gasteiger partial charge on any atom is 0.256 e. The molecular formula is C18H27N3O2. The molecule has 126 valence electrons. The Morgan fingerprint density at radius 2 is 2.00 bits per heavy atom. The Morgan fingerprint density at radius 3 is 2.52 bits per heavy atom. The lowest BCUT2D eigenvalue weighted by atomic mass is 9.85. The van der Waals surface area contributed by atoms with Gasteiger partial charge in [0.05, 0.1) is 12.6 Å². The SMILES string of the molecule is COc1ccc2c(c1)N([C@@H](C(=O)NN)C(C)C)C(C)(C)C=C2C. The molecule has 0 bridgehead atoms. The zero-order chi connectivity index (χ0) is 17.4. The summed E-state index contributed by atoms with van der Waals surface area (Å²) in [4.78, 5) is 14.6. The van der Waals surface area contributed by atoms with Gasteiger partial charge in [-0.15, -0.1) is 0 Å². The lowest BCUT2D eigenvalue weighted by molar-refractivity contribution is -0.123. The van der Waals surface area contributed by atoms with Crippen molar-refractivity contribution in [2.45, 2.75) is 46.2 Å². The zero-order valence-corrected chi connectivity index (χ0v) is 14.8. The molecule has 0 aromatic heterocycles. The van der Waals surface area contributed by atoms with Crippen LogP contribution in [-0.2, 0) is 4.79 Å². The number of hydrazine groups is 1. The Morgan fingerprint density at radius 1 is 1.35 bits per heavy atom. The second-order valence-electron chi connectivity index (χ2n) is 6.93. The van der Waals surface area contributed by atoms with E-state index in [4.69, 9.17) is 10.6 Å². The second kappa shape index (κ2) is 6.24. The zero-order valence-electron chi connectivity index (χ0n) is 14.8. The standard InChI is InChI=1S/C18H27N3O2/c1-11(2)16(17(22)20-19)21-15-9-13(23-6)7-8-14(15)12(3)10-18(21,4)5/h7-11,16H,19H2,1-6H3,(H,20,22)/t16-/m1/s1. The summed E-state index contributed by atoms with van der Waals surface area (Å²) in [7, 11) is 1.65. The van der Waals surface area contributed by atoms with Crippen molar-refractivity contribution in [3.63, 3.8) is 0 Å². The highest BCUT2D eigenvalue weighted by atomic mass is 16.5. The predicted octanol–water partition coefficient (Wildman–Crippen LogP) is 2.71. The molecule has 0 fully saturated rings. The smallest absolute Gasteiger partial charge is 0.256 e. The van der Waals surface area contributed by atoms with Gasteiger partial charge in [0.1, 0.15) is 11.8 Å². The fourth-order valence-electron chi connectivity index (χ4n) is 3.47. The maximum absolute atomic E-state index is 12.5. The van der Waals surface area contributed by atoms with Gasteiger partial charge in [-0.1, -0.05) is 19.9 Å². The first kappa shape index (κ1) is 17.3. The number of allylic oxidation sites excluding steroid dienone is 1. The molecule has 0 spiro atoms. The summed E-state index contributed by atoms with van der Waals surface area (Å²) in [5.74, 6) is 6.13. The molecule has 1 atom stereocenters. The third-order valence-corrected chi connectivity index (χ3v) is 4.40. The monoisotopic (exact) mass is 317 g/mol. The molecule has 0 saturated carbocycles. The van der Waals surface area contributed by atoms with E-state index in [2.05, 4.69) is 37.2 Å². The molecule has 23 heavy (non-hydrogen) atoms. The number of ether oxygens (including phenoxy) is 1. The average molecular weight is 317 g/mol. The van der Waals surface area contributed by atoms with Gasteiger partial charge in [0, 0.05) is 17.3 Å². The number of benzene rings is 1. The van der Waals surface area contributed by atoms with E-state index in [-0.39, 0.29) is 23.4 Å². The van der Waals surface area contributed by atoms with Crippen LogP contribution < -0.4 is 20.9 Å². The molecule has 0 radical (unpaired) electrons. The fraction of sp³-hybridized carbons (Fsp3) is 0.500. The van der Waals surface area contributed by atoms with E-state index in [0.29, 0.717) is 0 Å². The van der Waals surface area contributed by atoms with Crippen molar-refractivity contribution in [3.05, 3.63) is 29.8 Å². The molecule has 5 heteroatoms. The van der Waals surface area contributed by atoms with E-state index in [9.17, 15) is 4.79 Å². The molecule has 0 aliphatic carbocycles. The largest absolute Gasteiger partial charge is 0.497 e. The van der Waals surface area contributed by atoms with Crippen LogP contribution in [0, 0.1) is 5.92 Å².